The minimum atomic E-state index is -0.294. The van der Waals surface area contributed by atoms with Crippen molar-refractivity contribution in [1.29, 1.82) is 0 Å². The molecule has 31 heavy (non-hydrogen) atoms. The van der Waals surface area contributed by atoms with E-state index >= 15 is 0 Å². The van der Waals surface area contributed by atoms with Gasteiger partial charge in [0, 0.05) is 14.5 Å². The molecule has 0 saturated carbocycles. The highest BCUT2D eigenvalue weighted by Crippen LogP contribution is 2.25. The molecule has 0 unspecified atom stereocenters. The molecule has 4 aromatic rings. The van der Waals surface area contributed by atoms with Crippen molar-refractivity contribution in [1.82, 2.24) is 5.43 Å². The first kappa shape index (κ1) is 21.3. The highest BCUT2D eigenvalue weighted by molar-refractivity contribution is 9.10. The predicted octanol–water partition coefficient (Wildman–Crippen LogP) is 6.71. The molecule has 154 valence electrons. The van der Waals surface area contributed by atoms with Crippen molar-refractivity contribution in [2.24, 2.45) is 5.10 Å². The fraction of sp³-hybridized carbons (Fsp3) is 0.0400. The molecule has 1 amide bonds. The average molecular weight is 538 g/mol. The summed E-state index contributed by atoms with van der Waals surface area (Å²) in [6.07, 6.45) is 1.58. The third-order valence-electron chi connectivity index (χ3n) is 4.72. The van der Waals surface area contributed by atoms with Crippen LogP contribution in [0.15, 0.2) is 99.0 Å². The van der Waals surface area contributed by atoms with Gasteiger partial charge in [0.2, 0.25) is 0 Å². The molecule has 0 fully saturated rings. The zero-order valence-corrected chi connectivity index (χ0v) is 19.6. The molecule has 0 saturated heterocycles. The Morgan fingerprint density at radius 3 is 2.58 bits per heavy atom. The van der Waals surface area contributed by atoms with E-state index in [9.17, 15) is 4.79 Å². The fourth-order valence-corrected chi connectivity index (χ4v) is 4.04. The number of hydrogen-bond donors (Lipinski definition) is 1. The zero-order chi connectivity index (χ0) is 21.6. The van der Waals surface area contributed by atoms with E-state index in [-0.39, 0.29) is 5.91 Å². The van der Waals surface area contributed by atoms with Gasteiger partial charge in [-0.05, 0) is 62.6 Å². The minimum absolute atomic E-state index is 0.294. The summed E-state index contributed by atoms with van der Waals surface area (Å²) in [5.74, 6) is 0.381. The lowest BCUT2D eigenvalue weighted by Crippen LogP contribution is -2.18. The third kappa shape index (κ3) is 5.21. The summed E-state index contributed by atoms with van der Waals surface area (Å²) in [6.45, 7) is 0.424. The van der Waals surface area contributed by atoms with Crippen molar-refractivity contribution in [3.63, 3.8) is 0 Å². The third-order valence-corrected chi connectivity index (χ3v) is 5.91. The Morgan fingerprint density at radius 1 is 0.935 bits per heavy atom. The van der Waals surface area contributed by atoms with Crippen LogP contribution in [-0.4, -0.2) is 12.1 Å². The molecule has 0 aliphatic rings. The molecule has 0 atom stereocenters. The van der Waals surface area contributed by atoms with Crippen LogP contribution in [0.25, 0.3) is 10.8 Å². The number of hydrazone groups is 1. The largest absolute Gasteiger partial charge is 0.488 e. The van der Waals surface area contributed by atoms with Gasteiger partial charge >= 0.3 is 0 Å². The molecule has 4 nitrogen and oxygen atoms in total. The van der Waals surface area contributed by atoms with Crippen molar-refractivity contribution >= 4 is 54.8 Å². The second-order valence-corrected chi connectivity index (χ2v) is 8.56. The van der Waals surface area contributed by atoms with Crippen LogP contribution in [0, 0.1) is 0 Å². The van der Waals surface area contributed by atoms with Gasteiger partial charge in [-0.2, -0.15) is 5.10 Å². The van der Waals surface area contributed by atoms with E-state index in [4.69, 9.17) is 4.74 Å². The van der Waals surface area contributed by atoms with E-state index < -0.39 is 0 Å². The van der Waals surface area contributed by atoms with Gasteiger partial charge in [-0.3, -0.25) is 4.79 Å². The van der Waals surface area contributed by atoms with E-state index in [0.29, 0.717) is 22.4 Å². The topological polar surface area (TPSA) is 50.7 Å². The number of carbonyl (C=O) groups excluding carboxylic acids is 1. The minimum Gasteiger partial charge on any atom is -0.488 e. The summed E-state index contributed by atoms with van der Waals surface area (Å²) in [5, 5.41) is 6.46. The molecular weight excluding hydrogens is 520 g/mol. The van der Waals surface area contributed by atoms with Gasteiger partial charge in [-0.1, -0.05) is 70.5 Å². The summed E-state index contributed by atoms with van der Waals surface area (Å²) in [4.78, 5) is 12.3. The summed E-state index contributed by atoms with van der Waals surface area (Å²) >= 11 is 6.86. The second-order valence-electron chi connectivity index (χ2n) is 6.79. The number of halogens is 2. The average Bonchev–Trinajstić information content (AvgIpc) is 2.79. The number of fused-ring (bicyclic) bond motifs is 1. The molecule has 1 N–H and O–H groups in total. The summed E-state index contributed by atoms with van der Waals surface area (Å²) < 4.78 is 7.72. The van der Waals surface area contributed by atoms with Crippen molar-refractivity contribution < 1.29 is 9.53 Å². The maximum atomic E-state index is 12.3. The molecule has 0 radical (unpaired) electrons. The molecule has 0 aromatic heterocycles. The number of benzene rings is 4. The van der Waals surface area contributed by atoms with Crippen molar-refractivity contribution in [2.75, 3.05) is 0 Å². The molecule has 0 aliphatic carbocycles. The smallest absolute Gasteiger partial charge is 0.272 e. The highest BCUT2D eigenvalue weighted by Gasteiger charge is 2.09. The molecule has 6 heteroatoms. The Morgan fingerprint density at radius 2 is 1.71 bits per heavy atom. The van der Waals surface area contributed by atoms with Crippen LogP contribution in [0.5, 0.6) is 5.75 Å². The van der Waals surface area contributed by atoms with E-state index in [2.05, 4.69) is 66.7 Å². The highest BCUT2D eigenvalue weighted by atomic mass is 79.9. The Balaban J connectivity index is 1.50. The number of amides is 1. The van der Waals surface area contributed by atoms with Gasteiger partial charge in [-0.15, -0.1) is 0 Å². The van der Waals surface area contributed by atoms with Gasteiger partial charge in [0.1, 0.15) is 12.4 Å². The molecule has 0 spiro atoms. The zero-order valence-electron chi connectivity index (χ0n) is 16.4. The van der Waals surface area contributed by atoms with Crippen LogP contribution in [0.4, 0.5) is 0 Å². The van der Waals surface area contributed by atoms with Gasteiger partial charge in [0.15, 0.2) is 0 Å². The maximum absolute atomic E-state index is 12.3. The number of ether oxygens (including phenoxy) is 1. The monoisotopic (exact) mass is 536 g/mol. The molecule has 0 aliphatic heterocycles. The Labute approximate surface area is 197 Å². The van der Waals surface area contributed by atoms with Crippen molar-refractivity contribution in [3.05, 3.63) is 111 Å². The van der Waals surface area contributed by atoms with E-state index in [1.54, 1.807) is 18.3 Å². The number of rotatable bonds is 6. The quantitative estimate of drug-likeness (QED) is 0.219. The Hall–Kier alpha value is -2.96. The number of hydrogen-bond acceptors (Lipinski definition) is 3. The summed E-state index contributed by atoms with van der Waals surface area (Å²) in [5.41, 5.74) is 4.93. The number of nitrogens with one attached hydrogen (secondary N) is 1. The van der Waals surface area contributed by atoms with Crippen LogP contribution in [0.2, 0.25) is 0 Å². The van der Waals surface area contributed by atoms with Crippen LogP contribution >= 0.6 is 31.9 Å². The lowest BCUT2D eigenvalue weighted by Gasteiger charge is -2.11. The fourth-order valence-electron chi connectivity index (χ4n) is 3.19. The van der Waals surface area contributed by atoms with Gasteiger partial charge in [-0.25, -0.2) is 5.43 Å². The first-order valence-corrected chi connectivity index (χ1v) is 11.2. The van der Waals surface area contributed by atoms with Gasteiger partial charge in [0.25, 0.3) is 5.91 Å². The van der Waals surface area contributed by atoms with Gasteiger partial charge in [0.05, 0.1) is 11.8 Å². The molecular formula is C25H18Br2N2O2. The molecule has 0 heterocycles. The van der Waals surface area contributed by atoms with E-state index in [1.165, 1.54) is 5.39 Å². The summed E-state index contributed by atoms with van der Waals surface area (Å²) in [6, 6.07) is 27.3. The molecule has 4 rings (SSSR count). The number of carbonyl (C=O) groups is 1. The standard InChI is InChI=1S/C25H18Br2N2O2/c26-20-12-13-24(31-16-18-8-5-7-17-6-1-2-9-21(17)18)19(14-20)15-28-29-25(30)22-10-3-4-11-23(22)27/h1-15H,16H2,(H,29,30)/b28-15-. The Bertz CT molecular complexity index is 1270. The van der Waals surface area contributed by atoms with Crippen LogP contribution in [0.1, 0.15) is 21.5 Å². The second kappa shape index (κ2) is 9.90. The van der Waals surface area contributed by atoms with Crippen molar-refractivity contribution in [3.8, 4) is 5.75 Å². The van der Waals surface area contributed by atoms with E-state index in [0.717, 1.165) is 21.0 Å². The van der Waals surface area contributed by atoms with E-state index in [1.807, 2.05) is 48.5 Å². The van der Waals surface area contributed by atoms with Crippen molar-refractivity contribution in [2.45, 2.75) is 6.61 Å². The SMILES string of the molecule is O=C(N/N=C\c1cc(Br)ccc1OCc1cccc2ccccc12)c1ccccc1Br. The van der Waals surface area contributed by atoms with Gasteiger partial charge < -0.3 is 4.74 Å². The molecule has 4 aromatic carbocycles. The predicted molar refractivity (Wildman–Crippen MR) is 132 cm³/mol. The first-order valence-electron chi connectivity index (χ1n) is 9.59. The lowest BCUT2D eigenvalue weighted by molar-refractivity contribution is 0.0954. The Kier molecular flexibility index (Phi) is 6.79. The normalized spacial score (nSPS) is 11.0. The lowest BCUT2D eigenvalue weighted by atomic mass is 10.1. The van der Waals surface area contributed by atoms with Crippen LogP contribution < -0.4 is 10.2 Å². The van der Waals surface area contributed by atoms with Crippen LogP contribution in [0.3, 0.4) is 0 Å². The summed E-state index contributed by atoms with van der Waals surface area (Å²) in [7, 11) is 0. The first-order chi connectivity index (χ1) is 15.1. The van der Waals surface area contributed by atoms with Crippen LogP contribution in [-0.2, 0) is 6.61 Å². The number of nitrogens with zero attached hydrogens (tertiary/aromatic N) is 1. The maximum Gasteiger partial charge on any atom is 0.272 e. The molecule has 0 bridgehead atoms.